The number of primary amides is 1. The third-order valence-electron chi connectivity index (χ3n) is 5.50. The van der Waals surface area contributed by atoms with Crippen LogP contribution in [-0.4, -0.2) is 48.1 Å². The van der Waals surface area contributed by atoms with Gasteiger partial charge in [0.1, 0.15) is 11.5 Å². The van der Waals surface area contributed by atoms with Crippen molar-refractivity contribution in [1.29, 1.82) is 0 Å². The Balaban J connectivity index is 1.72. The number of carbonyl (C=O) groups excluding carboxylic acids is 1. The van der Waals surface area contributed by atoms with Gasteiger partial charge in [-0.1, -0.05) is 30.3 Å². The number of benzene rings is 1. The van der Waals surface area contributed by atoms with Crippen molar-refractivity contribution >= 4 is 29.3 Å². The van der Waals surface area contributed by atoms with Gasteiger partial charge >= 0.3 is 6.09 Å². The summed E-state index contributed by atoms with van der Waals surface area (Å²) in [6, 6.07) is 10.2. The summed E-state index contributed by atoms with van der Waals surface area (Å²) in [5.74, 6) is -1.97. The lowest BCUT2D eigenvalue weighted by Crippen LogP contribution is -2.39. The van der Waals surface area contributed by atoms with Gasteiger partial charge in [-0.2, -0.15) is 10.2 Å². The molecule has 3 heterocycles. The molecule has 37 heavy (non-hydrogen) atoms. The Morgan fingerprint density at radius 1 is 1.11 bits per heavy atom. The Bertz CT molecular complexity index is 1410. The van der Waals surface area contributed by atoms with Crippen molar-refractivity contribution in [2.45, 2.75) is 25.9 Å². The number of aryl methyl sites for hydroxylation is 1. The molecule has 0 unspecified atom stereocenters. The molecule has 0 radical (unpaired) electrons. The Labute approximate surface area is 210 Å². The first-order valence-corrected chi connectivity index (χ1v) is 11.1. The maximum atomic E-state index is 15.1. The zero-order chi connectivity index (χ0) is 26.5. The average molecular weight is 506 g/mol. The summed E-state index contributed by atoms with van der Waals surface area (Å²) in [7, 11) is 0. The molecule has 13 heteroatoms. The highest BCUT2D eigenvalue weighted by Crippen LogP contribution is 2.28. The van der Waals surface area contributed by atoms with Gasteiger partial charge in [0.25, 0.3) is 5.91 Å². The predicted molar refractivity (Wildman–Crippen MR) is 133 cm³/mol. The van der Waals surface area contributed by atoms with Gasteiger partial charge in [-0.25, -0.2) is 14.2 Å². The zero-order valence-electron chi connectivity index (χ0n) is 19.9. The minimum atomic E-state index is -1.23. The number of rotatable bonds is 9. The molecular formula is C24H24FN9O3. The molecule has 0 saturated carbocycles. The number of hydrogen-bond donors (Lipinski definition) is 5. The lowest BCUT2D eigenvalue weighted by molar-refractivity contribution is 0.1000. The highest BCUT2D eigenvalue weighted by molar-refractivity contribution is 5.98. The van der Waals surface area contributed by atoms with Crippen LogP contribution < -0.4 is 21.7 Å². The molecule has 4 rings (SSSR count). The second kappa shape index (κ2) is 10.7. The first-order valence-electron chi connectivity index (χ1n) is 11.1. The van der Waals surface area contributed by atoms with E-state index in [1.54, 1.807) is 50.2 Å². The molecule has 0 aliphatic heterocycles. The van der Waals surface area contributed by atoms with Crippen molar-refractivity contribution in [3.8, 4) is 5.69 Å². The van der Waals surface area contributed by atoms with Crippen LogP contribution in [0.3, 0.4) is 0 Å². The summed E-state index contributed by atoms with van der Waals surface area (Å²) in [5.41, 5.74) is 7.65. The number of aromatic nitrogens is 5. The average Bonchev–Trinajstić information content (AvgIpc) is 3.40. The van der Waals surface area contributed by atoms with E-state index in [2.05, 4.69) is 36.1 Å². The smallest absolute Gasteiger partial charge is 0.404 e. The number of carboxylic acid groups (broad SMARTS) is 1. The molecule has 0 bridgehead atoms. The number of nitrogens with two attached hydrogens (primary N) is 1. The highest BCUT2D eigenvalue weighted by atomic mass is 19.1. The summed E-state index contributed by atoms with van der Waals surface area (Å²) in [4.78, 5) is 33.4. The van der Waals surface area contributed by atoms with Crippen molar-refractivity contribution in [1.82, 2.24) is 30.3 Å². The Morgan fingerprint density at radius 2 is 1.81 bits per heavy atom. The Kier molecular flexibility index (Phi) is 7.23. The number of carbonyl (C=O) groups is 2. The monoisotopic (exact) mass is 505 g/mol. The van der Waals surface area contributed by atoms with Gasteiger partial charge in [0.15, 0.2) is 11.6 Å². The summed E-state index contributed by atoms with van der Waals surface area (Å²) in [5, 5.41) is 25.7. The van der Waals surface area contributed by atoms with E-state index in [1.165, 1.54) is 23.4 Å². The standard InChI is InChI=1S/C24H24FN9O3/c1-13-19(34-28-8-9-29-34)10-16(12-27-13)31-22-17(21(26)35)11-18(25)23(33-22)32-20(14(2)30-24(36)37)15-6-4-3-5-7-15/h3-12,14,20,30H,1-2H3,(H2,26,35)(H,36,37)(H2,31,32,33)/t14-,20+/m0/s1. The lowest BCUT2D eigenvalue weighted by atomic mass is 10.0. The minimum Gasteiger partial charge on any atom is -0.465 e. The molecule has 0 saturated heterocycles. The lowest BCUT2D eigenvalue weighted by Gasteiger charge is -2.26. The third-order valence-corrected chi connectivity index (χ3v) is 5.50. The normalized spacial score (nSPS) is 12.4. The molecule has 12 nitrogen and oxygen atoms in total. The van der Waals surface area contributed by atoms with Crippen molar-refractivity contribution in [2.24, 2.45) is 5.73 Å². The predicted octanol–water partition coefficient (Wildman–Crippen LogP) is 3.16. The van der Waals surface area contributed by atoms with Gasteiger partial charge in [-0.05, 0) is 31.5 Å². The zero-order valence-corrected chi connectivity index (χ0v) is 19.9. The number of halogens is 1. The largest absolute Gasteiger partial charge is 0.465 e. The number of nitrogens with zero attached hydrogens (tertiary/aromatic N) is 5. The van der Waals surface area contributed by atoms with Gasteiger partial charge in [-0.15, -0.1) is 4.80 Å². The van der Waals surface area contributed by atoms with E-state index in [4.69, 9.17) is 5.73 Å². The molecule has 3 aromatic heterocycles. The number of anilines is 3. The Hall–Kier alpha value is -5.07. The fourth-order valence-electron chi connectivity index (χ4n) is 3.73. The molecule has 2 atom stereocenters. The van der Waals surface area contributed by atoms with Gasteiger partial charge in [0.05, 0.1) is 47.6 Å². The fourth-order valence-corrected chi connectivity index (χ4v) is 3.73. The van der Waals surface area contributed by atoms with Crippen LogP contribution in [0.2, 0.25) is 0 Å². The van der Waals surface area contributed by atoms with Crippen LogP contribution in [0.15, 0.2) is 61.1 Å². The summed E-state index contributed by atoms with van der Waals surface area (Å²) in [6.07, 6.45) is 3.32. The van der Waals surface area contributed by atoms with E-state index in [0.717, 1.165) is 6.07 Å². The number of hydrogen-bond acceptors (Lipinski definition) is 8. The molecule has 4 aromatic rings. The maximum Gasteiger partial charge on any atom is 0.404 e. The van der Waals surface area contributed by atoms with E-state index >= 15 is 4.39 Å². The van der Waals surface area contributed by atoms with Crippen LogP contribution in [-0.2, 0) is 0 Å². The minimum absolute atomic E-state index is 0.0212. The van der Waals surface area contributed by atoms with Gasteiger partial charge in [-0.3, -0.25) is 9.78 Å². The van der Waals surface area contributed by atoms with Crippen LogP contribution in [0.1, 0.15) is 34.6 Å². The second-order valence-electron chi connectivity index (χ2n) is 8.12. The van der Waals surface area contributed by atoms with E-state index in [1.807, 2.05) is 0 Å². The fraction of sp³-hybridized carbons (Fsp3) is 0.167. The molecular weight excluding hydrogens is 481 g/mol. The molecule has 0 aliphatic rings. The number of pyridine rings is 2. The molecule has 190 valence electrons. The van der Waals surface area contributed by atoms with Gasteiger partial charge in [0.2, 0.25) is 0 Å². The van der Waals surface area contributed by atoms with E-state index in [9.17, 15) is 14.7 Å². The van der Waals surface area contributed by atoms with Crippen molar-refractivity contribution in [3.63, 3.8) is 0 Å². The molecule has 1 aromatic carbocycles. The molecule has 6 N–H and O–H groups in total. The number of amides is 2. The maximum absolute atomic E-state index is 15.1. The van der Waals surface area contributed by atoms with E-state index < -0.39 is 29.9 Å². The first kappa shape index (κ1) is 25.0. The van der Waals surface area contributed by atoms with Gasteiger partial charge in [0, 0.05) is 0 Å². The van der Waals surface area contributed by atoms with E-state index in [0.29, 0.717) is 22.6 Å². The molecule has 0 aliphatic carbocycles. The van der Waals surface area contributed by atoms with Crippen molar-refractivity contribution in [3.05, 3.63) is 83.7 Å². The molecule has 2 amide bonds. The second-order valence-corrected chi connectivity index (χ2v) is 8.12. The van der Waals surface area contributed by atoms with Crippen LogP contribution in [0.5, 0.6) is 0 Å². The quantitative estimate of drug-likeness (QED) is 0.229. The van der Waals surface area contributed by atoms with Crippen LogP contribution in [0, 0.1) is 12.7 Å². The first-order chi connectivity index (χ1) is 17.7. The SMILES string of the molecule is Cc1ncc(Nc2nc(N[C@@H](c3ccccc3)[C@H](C)NC(=O)O)c(F)cc2C(N)=O)cc1-n1nccn1. The molecule has 0 spiro atoms. The van der Waals surface area contributed by atoms with Crippen LogP contribution in [0.25, 0.3) is 5.69 Å². The summed E-state index contributed by atoms with van der Waals surface area (Å²) in [6.45, 7) is 3.42. The summed E-state index contributed by atoms with van der Waals surface area (Å²) < 4.78 is 15.1. The topological polar surface area (TPSA) is 173 Å². The van der Waals surface area contributed by atoms with E-state index in [-0.39, 0.29) is 17.2 Å². The van der Waals surface area contributed by atoms with Crippen LogP contribution in [0.4, 0.5) is 26.5 Å². The van der Waals surface area contributed by atoms with Gasteiger partial charge < -0.3 is 26.8 Å². The Morgan fingerprint density at radius 3 is 2.46 bits per heavy atom. The van der Waals surface area contributed by atoms with Crippen molar-refractivity contribution < 1.29 is 19.1 Å². The van der Waals surface area contributed by atoms with Crippen LogP contribution >= 0.6 is 0 Å². The molecule has 0 fully saturated rings. The van der Waals surface area contributed by atoms with Crippen molar-refractivity contribution in [2.75, 3.05) is 10.6 Å². The summed E-state index contributed by atoms with van der Waals surface area (Å²) >= 11 is 0. The third kappa shape index (κ3) is 5.78. The number of nitrogens with one attached hydrogen (secondary N) is 3. The highest BCUT2D eigenvalue weighted by Gasteiger charge is 2.24.